The van der Waals surface area contributed by atoms with E-state index in [-0.39, 0.29) is 0 Å². The molecule has 1 aromatic rings. The van der Waals surface area contributed by atoms with Crippen LogP contribution in [0.4, 0.5) is 0 Å². The molecule has 0 bridgehead atoms. The highest BCUT2D eigenvalue weighted by atomic mass is 32.2. The third kappa shape index (κ3) is 1.27. The largest absolute Gasteiger partial charge is 0.125 e. The van der Waals surface area contributed by atoms with Gasteiger partial charge in [0.1, 0.15) is 0 Å². The summed E-state index contributed by atoms with van der Waals surface area (Å²) in [6.45, 7) is 4.63. The predicted octanol–water partition coefficient (Wildman–Crippen LogP) is 3.53. The molecule has 0 saturated carbocycles. The van der Waals surface area contributed by atoms with Gasteiger partial charge in [0, 0.05) is 10.6 Å². The predicted molar refractivity (Wildman–Crippen MR) is 54.7 cm³/mol. The first-order chi connectivity index (χ1) is 5.79. The summed E-state index contributed by atoms with van der Waals surface area (Å²) in [5, 5.41) is 0. The molecule has 1 aromatic carbocycles. The summed E-state index contributed by atoms with van der Waals surface area (Å²) in [6.07, 6.45) is 0. The van der Waals surface area contributed by atoms with E-state index in [4.69, 9.17) is 0 Å². The molecular weight excluding hydrogens is 164 g/mol. The van der Waals surface area contributed by atoms with Gasteiger partial charge in [-0.2, -0.15) is 0 Å². The number of thioether (sulfide) groups is 1. The molecule has 1 heterocycles. The Balaban J connectivity index is 2.36. The van der Waals surface area contributed by atoms with Crippen molar-refractivity contribution in [2.24, 2.45) is 5.92 Å². The van der Waals surface area contributed by atoms with Crippen LogP contribution in [0.1, 0.15) is 25.3 Å². The second-order valence-corrected chi connectivity index (χ2v) is 4.76. The zero-order valence-electron chi connectivity index (χ0n) is 7.58. The molecule has 0 radical (unpaired) electrons. The fourth-order valence-corrected chi connectivity index (χ4v) is 3.22. The van der Waals surface area contributed by atoms with Gasteiger partial charge in [-0.25, -0.2) is 0 Å². The number of rotatable bonds is 1. The molecule has 1 unspecified atom stereocenters. The third-order valence-electron chi connectivity index (χ3n) is 2.54. The second kappa shape index (κ2) is 3.14. The Hall–Kier alpha value is -0.430. The minimum atomic E-state index is 0.779. The lowest BCUT2D eigenvalue weighted by atomic mass is 9.91. The number of benzene rings is 1. The molecule has 0 aromatic heterocycles. The smallest absolute Gasteiger partial charge is 0.0107 e. The van der Waals surface area contributed by atoms with E-state index in [0.717, 1.165) is 11.8 Å². The molecule has 1 aliphatic heterocycles. The van der Waals surface area contributed by atoms with Crippen LogP contribution >= 0.6 is 11.8 Å². The standard InChI is InChI=1S/C11H14S/c1-8(2)10-7-12-11-6-4-3-5-9(10)11/h3-6,8,10H,7H2,1-2H3. The summed E-state index contributed by atoms with van der Waals surface area (Å²) >= 11 is 2.00. The van der Waals surface area contributed by atoms with Gasteiger partial charge < -0.3 is 0 Å². The van der Waals surface area contributed by atoms with Gasteiger partial charge in [0.15, 0.2) is 0 Å². The Bertz CT molecular complexity index is 278. The average Bonchev–Trinajstić information content (AvgIpc) is 2.47. The van der Waals surface area contributed by atoms with Crippen LogP contribution in [-0.4, -0.2) is 5.75 Å². The Kier molecular flexibility index (Phi) is 2.14. The van der Waals surface area contributed by atoms with Crippen molar-refractivity contribution in [1.29, 1.82) is 0 Å². The monoisotopic (exact) mass is 178 g/mol. The highest BCUT2D eigenvalue weighted by molar-refractivity contribution is 7.99. The Morgan fingerprint density at radius 1 is 1.33 bits per heavy atom. The SMILES string of the molecule is CC(C)C1CSc2ccccc21. The molecule has 1 heteroatoms. The summed E-state index contributed by atoms with van der Waals surface area (Å²) in [5.41, 5.74) is 1.57. The summed E-state index contributed by atoms with van der Waals surface area (Å²) in [4.78, 5) is 1.50. The van der Waals surface area contributed by atoms with Crippen LogP contribution in [0.2, 0.25) is 0 Å². The first-order valence-electron chi connectivity index (χ1n) is 4.51. The molecule has 0 saturated heterocycles. The summed E-state index contributed by atoms with van der Waals surface area (Å²) in [7, 11) is 0. The van der Waals surface area contributed by atoms with Crippen molar-refractivity contribution in [2.45, 2.75) is 24.7 Å². The minimum absolute atomic E-state index is 0.779. The van der Waals surface area contributed by atoms with Crippen LogP contribution in [0.25, 0.3) is 0 Å². The Morgan fingerprint density at radius 3 is 2.83 bits per heavy atom. The minimum Gasteiger partial charge on any atom is -0.125 e. The van der Waals surface area contributed by atoms with E-state index in [1.807, 2.05) is 11.8 Å². The molecule has 0 aliphatic carbocycles. The van der Waals surface area contributed by atoms with Crippen LogP contribution in [0.3, 0.4) is 0 Å². The molecule has 12 heavy (non-hydrogen) atoms. The van der Waals surface area contributed by atoms with Crippen molar-refractivity contribution in [3.05, 3.63) is 29.8 Å². The molecule has 0 spiro atoms. The lowest BCUT2D eigenvalue weighted by Crippen LogP contribution is -2.04. The van der Waals surface area contributed by atoms with Crippen molar-refractivity contribution >= 4 is 11.8 Å². The van der Waals surface area contributed by atoms with Crippen LogP contribution < -0.4 is 0 Å². The lowest BCUT2D eigenvalue weighted by molar-refractivity contribution is 0.543. The number of hydrogen-bond acceptors (Lipinski definition) is 1. The van der Waals surface area contributed by atoms with Gasteiger partial charge in [0.05, 0.1) is 0 Å². The van der Waals surface area contributed by atoms with Gasteiger partial charge in [-0.15, -0.1) is 11.8 Å². The second-order valence-electron chi connectivity index (χ2n) is 3.70. The van der Waals surface area contributed by atoms with E-state index in [1.165, 1.54) is 10.6 Å². The van der Waals surface area contributed by atoms with Crippen molar-refractivity contribution in [3.8, 4) is 0 Å². The first kappa shape index (κ1) is 8.18. The normalized spacial score (nSPS) is 21.4. The molecule has 1 atom stereocenters. The zero-order valence-corrected chi connectivity index (χ0v) is 8.40. The van der Waals surface area contributed by atoms with Crippen molar-refractivity contribution < 1.29 is 0 Å². The highest BCUT2D eigenvalue weighted by Crippen LogP contribution is 2.42. The molecule has 2 rings (SSSR count). The molecule has 1 aliphatic rings. The van der Waals surface area contributed by atoms with E-state index in [1.54, 1.807) is 5.56 Å². The topological polar surface area (TPSA) is 0 Å². The fraction of sp³-hybridized carbons (Fsp3) is 0.455. The van der Waals surface area contributed by atoms with E-state index in [2.05, 4.69) is 38.1 Å². The summed E-state index contributed by atoms with van der Waals surface area (Å²) < 4.78 is 0. The quantitative estimate of drug-likeness (QED) is 0.634. The highest BCUT2D eigenvalue weighted by Gasteiger charge is 2.24. The van der Waals surface area contributed by atoms with Gasteiger partial charge in [-0.3, -0.25) is 0 Å². The van der Waals surface area contributed by atoms with Gasteiger partial charge >= 0.3 is 0 Å². The fourth-order valence-electron chi connectivity index (χ4n) is 1.74. The van der Waals surface area contributed by atoms with Gasteiger partial charge in [0.25, 0.3) is 0 Å². The van der Waals surface area contributed by atoms with Crippen LogP contribution in [0, 0.1) is 5.92 Å². The van der Waals surface area contributed by atoms with Gasteiger partial charge in [0.2, 0.25) is 0 Å². The van der Waals surface area contributed by atoms with Crippen LogP contribution in [0.15, 0.2) is 29.2 Å². The molecule has 0 N–H and O–H groups in total. The zero-order chi connectivity index (χ0) is 8.55. The maximum absolute atomic E-state index is 2.31. The molecule has 0 nitrogen and oxygen atoms in total. The third-order valence-corrected chi connectivity index (χ3v) is 3.75. The maximum atomic E-state index is 2.31. The van der Waals surface area contributed by atoms with Crippen LogP contribution in [-0.2, 0) is 0 Å². The van der Waals surface area contributed by atoms with Gasteiger partial charge in [-0.1, -0.05) is 32.0 Å². The molecular formula is C11H14S. The maximum Gasteiger partial charge on any atom is 0.0107 e. The van der Waals surface area contributed by atoms with Gasteiger partial charge in [-0.05, 0) is 23.5 Å². The lowest BCUT2D eigenvalue weighted by Gasteiger charge is -2.13. The van der Waals surface area contributed by atoms with Crippen molar-refractivity contribution in [3.63, 3.8) is 0 Å². The average molecular weight is 178 g/mol. The van der Waals surface area contributed by atoms with E-state index in [9.17, 15) is 0 Å². The van der Waals surface area contributed by atoms with Crippen LogP contribution in [0.5, 0.6) is 0 Å². The van der Waals surface area contributed by atoms with E-state index in [0.29, 0.717) is 0 Å². The number of fused-ring (bicyclic) bond motifs is 1. The molecule has 0 fully saturated rings. The molecule has 64 valence electrons. The summed E-state index contributed by atoms with van der Waals surface area (Å²) in [6, 6.07) is 8.80. The Morgan fingerprint density at radius 2 is 2.08 bits per heavy atom. The molecule has 0 amide bonds. The van der Waals surface area contributed by atoms with Crippen molar-refractivity contribution in [1.82, 2.24) is 0 Å². The summed E-state index contributed by atoms with van der Waals surface area (Å²) in [5.74, 6) is 2.84. The Labute approximate surface area is 78.4 Å². The van der Waals surface area contributed by atoms with E-state index >= 15 is 0 Å². The van der Waals surface area contributed by atoms with E-state index < -0.39 is 0 Å². The first-order valence-corrected chi connectivity index (χ1v) is 5.49. The number of hydrogen-bond donors (Lipinski definition) is 0. The van der Waals surface area contributed by atoms with Crippen molar-refractivity contribution in [2.75, 3.05) is 5.75 Å².